The Bertz CT molecular complexity index is 548. The first-order valence-electron chi connectivity index (χ1n) is 6.00. The van der Waals surface area contributed by atoms with Crippen LogP contribution in [0.3, 0.4) is 0 Å². The molecule has 1 heterocycles. The molecule has 0 saturated carbocycles. The van der Waals surface area contributed by atoms with Gasteiger partial charge in [0, 0.05) is 18.6 Å². The standard InChI is InChI=1S/C13H13NO6/c15-13(16)4-2-9-1-3-12(11(7-9)14(17)18)20-10-5-6-19-8-10/h1-4,7,10H,5-6,8H2,(H,15,16). The predicted octanol–water partition coefficient (Wildman–Crippen LogP) is 1.86. The molecule has 1 aliphatic rings. The molecule has 0 aromatic heterocycles. The van der Waals surface area contributed by atoms with Gasteiger partial charge in [-0.2, -0.15) is 0 Å². The van der Waals surface area contributed by atoms with Crippen molar-refractivity contribution in [2.45, 2.75) is 12.5 Å². The summed E-state index contributed by atoms with van der Waals surface area (Å²) < 4.78 is 10.7. The molecule has 1 atom stereocenters. The van der Waals surface area contributed by atoms with Gasteiger partial charge in [-0.1, -0.05) is 6.07 Å². The topological polar surface area (TPSA) is 98.9 Å². The summed E-state index contributed by atoms with van der Waals surface area (Å²) in [4.78, 5) is 20.9. The van der Waals surface area contributed by atoms with Crippen LogP contribution >= 0.6 is 0 Å². The van der Waals surface area contributed by atoms with Crippen molar-refractivity contribution in [2.24, 2.45) is 0 Å². The van der Waals surface area contributed by atoms with Crippen molar-refractivity contribution in [3.8, 4) is 5.75 Å². The summed E-state index contributed by atoms with van der Waals surface area (Å²) in [6, 6.07) is 4.32. The summed E-state index contributed by atoms with van der Waals surface area (Å²) in [5.41, 5.74) is 0.235. The van der Waals surface area contributed by atoms with Crippen molar-refractivity contribution < 1.29 is 24.3 Å². The van der Waals surface area contributed by atoms with Crippen LogP contribution in [0.2, 0.25) is 0 Å². The number of rotatable bonds is 5. The van der Waals surface area contributed by atoms with Gasteiger partial charge in [0.25, 0.3) is 0 Å². The fourth-order valence-corrected chi connectivity index (χ4v) is 1.83. The minimum absolute atomic E-state index is 0.165. The number of aliphatic carboxylic acids is 1. The number of carboxylic acids is 1. The number of carboxylic acid groups (broad SMARTS) is 1. The van der Waals surface area contributed by atoms with Gasteiger partial charge >= 0.3 is 11.7 Å². The Labute approximate surface area is 114 Å². The highest BCUT2D eigenvalue weighted by atomic mass is 16.6. The van der Waals surface area contributed by atoms with Crippen molar-refractivity contribution in [3.05, 3.63) is 40.0 Å². The average molecular weight is 279 g/mol. The van der Waals surface area contributed by atoms with E-state index in [0.29, 0.717) is 25.2 Å². The maximum Gasteiger partial charge on any atom is 0.328 e. The third-order valence-corrected chi connectivity index (χ3v) is 2.78. The Morgan fingerprint density at radius 1 is 1.55 bits per heavy atom. The van der Waals surface area contributed by atoms with E-state index < -0.39 is 10.9 Å². The van der Waals surface area contributed by atoms with E-state index >= 15 is 0 Å². The largest absolute Gasteiger partial charge is 0.481 e. The summed E-state index contributed by atoms with van der Waals surface area (Å²) in [5.74, 6) is -0.950. The molecule has 0 radical (unpaired) electrons. The average Bonchev–Trinajstić information content (AvgIpc) is 2.90. The molecule has 20 heavy (non-hydrogen) atoms. The maximum atomic E-state index is 11.0. The SMILES string of the molecule is O=C(O)C=Cc1ccc(OC2CCOC2)c([N+](=O)[O-])c1. The van der Waals surface area contributed by atoms with Gasteiger partial charge in [-0.25, -0.2) is 4.79 Å². The monoisotopic (exact) mass is 279 g/mol. The van der Waals surface area contributed by atoms with Crippen LogP contribution in [0.25, 0.3) is 6.08 Å². The summed E-state index contributed by atoms with van der Waals surface area (Å²) in [5, 5.41) is 19.6. The fourth-order valence-electron chi connectivity index (χ4n) is 1.83. The minimum atomic E-state index is -1.11. The highest BCUT2D eigenvalue weighted by Crippen LogP contribution is 2.30. The molecule has 0 amide bonds. The summed E-state index contributed by atoms with van der Waals surface area (Å²) >= 11 is 0. The van der Waals surface area contributed by atoms with Crippen molar-refractivity contribution >= 4 is 17.7 Å². The van der Waals surface area contributed by atoms with Crippen LogP contribution in [0.1, 0.15) is 12.0 Å². The molecule has 7 heteroatoms. The summed E-state index contributed by atoms with van der Waals surface area (Å²) in [6.07, 6.45) is 2.72. The fraction of sp³-hybridized carbons (Fsp3) is 0.308. The second kappa shape index (κ2) is 6.16. The van der Waals surface area contributed by atoms with Crippen molar-refractivity contribution in [2.75, 3.05) is 13.2 Å². The van der Waals surface area contributed by atoms with E-state index in [1.165, 1.54) is 18.2 Å². The number of nitrogens with zero attached hydrogens (tertiary/aromatic N) is 1. The van der Waals surface area contributed by atoms with Gasteiger partial charge in [0.2, 0.25) is 0 Å². The summed E-state index contributed by atoms with van der Waals surface area (Å²) in [6.45, 7) is 0.996. The third-order valence-electron chi connectivity index (χ3n) is 2.78. The van der Waals surface area contributed by atoms with Gasteiger partial charge in [0.1, 0.15) is 6.10 Å². The van der Waals surface area contributed by atoms with E-state index in [-0.39, 0.29) is 17.5 Å². The number of ether oxygens (including phenoxy) is 2. The van der Waals surface area contributed by atoms with Gasteiger partial charge < -0.3 is 14.6 Å². The molecule has 1 N–H and O–H groups in total. The lowest BCUT2D eigenvalue weighted by molar-refractivity contribution is -0.386. The first-order valence-corrected chi connectivity index (χ1v) is 6.00. The Hall–Kier alpha value is -2.41. The first-order chi connectivity index (χ1) is 9.56. The van der Waals surface area contributed by atoms with Crippen molar-refractivity contribution in [1.29, 1.82) is 0 Å². The van der Waals surface area contributed by atoms with Crippen LogP contribution in [-0.4, -0.2) is 35.3 Å². The van der Waals surface area contributed by atoms with Crippen LogP contribution in [0, 0.1) is 10.1 Å². The highest BCUT2D eigenvalue weighted by molar-refractivity contribution is 5.85. The molecule has 0 aliphatic carbocycles. The second-order valence-corrected chi connectivity index (χ2v) is 4.26. The molecule has 1 aliphatic heterocycles. The number of hydrogen-bond acceptors (Lipinski definition) is 5. The predicted molar refractivity (Wildman–Crippen MR) is 69.6 cm³/mol. The maximum absolute atomic E-state index is 11.0. The first kappa shape index (κ1) is 14.0. The molecule has 1 aromatic rings. The number of carbonyl (C=O) groups is 1. The zero-order valence-electron chi connectivity index (χ0n) is 10.5. The molecule has 0 bridgehead atoms. The summed E-state index contributed by atoms with van der Waals surface area (Å²) in [7, 11) is 0. The Balaban J connectivity index is 2.23. The number of hydrogen-bond donors (Lipinski definition) is 1. The minimum Gasteiger partial charge on any atom is -0.481 e. The zero-order valence-corrected chi connectivity index (χ0v) is 10.5. The van der Waals surface area contributed by atoms with Gasteiger partial charge in [-0.3, -0.25) is 10.1 Å². The van der Waals surface area contributed by atoms with Gasteiger partial charge in [-0.05, 0) is 17.7 Å². The molecule has 0 spiro atoms. The van der Waals surface area contributed by atoms with Crippen LogP contribution in [0.5, 0.6) is 5.75 Å². The van der Waals surface area contributed by atoms with Crippen LogP contribution in [0.15, 0.2) is 24.3 Å². The normalized spacial score (nSPS) is 18.3. The molecular weight excluding hydrogens is 266 g/mol. The third kappa shape index (κ3) is 3.55. The smallest absolute Gasteiger partial charge is 0.328 e. The number of nitro benzene ring substituents is 1. The number of benzene rings is 1. The van der Waals surface area contributed by atoms with E-state index in [9.17, 15) is 14.9 Å². The Kier molecular flexibility index (Phi) is 4.31. The van der Waals surface area contributed by atoms with E-state index in [4.69, 9.17) is 14.6 Å². The lowest BCUT2D eigenvalue weighted by Crippen LogP contribution is -2.16. The molecular formula is C13H13NO6. The van der Waals surface area contributed by atoms with Gasteiger partial charge in [0.05, 0.1) is 18.1 Å². The van der Waals surface area contributed by atoms with E-state index in [2.05, 4.69) is 0 Å². The molecule has 7 nitrogen and oxygen atoms in total. The van der Waals surface area contributed by atoms with Gasteiger partial charge in [-0.15, -0.1) is 0 Å². The van der Waals surface area contributed by atoms with Crippen LogP contribution in [-0.2, 0) is 9.53 Å². The molecule has 106 valence electrons. The quantitative estimate of drug-likeness (QED) is 0.501. The van der Waals surface area contributed by atoms with Crippen LogP contribution in [0.4, 0.5) is 5.69 Å². The lowest BCUT2D eigenvalue weighted by Gasteiger charge is -2.12. The Morgan fingerprint density at radius 2 is 2.35 bits per heavy atom. The molecule has 1 fully saturated rings. The van der Waals surface area contributed by atoms with Crippen LogP contribution < -0.4 is 4.74 Å². The highest BCUT2D eigenvalue weighted by Gasteiger charge is 2.22. The molecule has 2 rings (SSSR count). The van der Waals surface area contributed by atoms with Crippen molar-refractivity contribution in [1.82, 2.24) is 0 Å². The van der Waals surface area contributed by atoms with Crippen molar-refractivity contribution in [3.63, 3.8) is 0 Å². The van der Waals surface area contributed by atoms with E-state index in [0.717, 1.165) is 6.08 Å². The molecule has 1 aromatic carbocycles. The number of nitro groups is 1. The second-order valence-electron chi connectivity index (χ2n) is 4.26. The zero-order chi connectivity index (χ0) is 14.5. The van der Waals surface area contributed by atoms with E-state index in [1.807, 2.05) is 0 Å². The molecule has 1 unspecified atom stereocenters. The van der Waals surface area contributed by atoms with E-state index in [1.54, 1.807) is 6.07 Å². The lowest BCUT2D eigenvalue weighted by atomic mass is 10.1. The van der Waals surface area contributed by atoms with Gasteiger partial charge in [0.15, 0.2) is 5.75 Å². The Morgan fingerprint density at radius 3 is 2.95 bits per heavy atom. The molecule has 1 saturated heterocycles.